The van der Waals surface area contributed by atoms with Crippen LogP contribution in [0.25, 0.3) is 0 Å². The molecule has 27 heteroatoms. The Hall–Kier alpha value is -9.79. The van der Waals surface area contributed by atoms with Gasteiger partial charge in [0.05, 0.1) is 65.0 Å². The van der Waals surface area contributed by atoms with Gasteiger partial charge in [-0.25, -0.2) is 9.59 Å². The largest absolute Gasteiger partial charge is 0.494 e. The summed E-state index contributed by atoms with van der Waals surface area (Å²) in [6.45, 7) is 8.39. The molecule has 4 aromatic carbocycles. The number of carbonyl (C=O) groups excluding carboxylic acids is 5. The molecule has 0 radical (unpaired) electrons. The number of amides is 3. The first kappa shape index (κ1) is 64.8. The number of nitrogens with one attached hydrogen (secondary N) is 7. The molecule has 464 valence electrons. The van der Waals surface area contributed by atoms with Crippen molar-refractivity contribution in [2.45, 2.75) is 97.3 Å². The highest BCUT2D eigenvalue weighted by Gasteiger charge is 2.26. The van der Waals surface area contributed by atoms with Crippen molar-refractivity contribution in [1.29, 1.82) is 0 Å². The van der Waals surface area contributed by atoms with Gasteiger partial charge in [0.15, 0.2) is 0 Å². The molecule has 0 saturated carbocycles. The van der Waals surface area contributed by atoms with E-state index in [2.05, 4.69) is 67.1 Å². The molecule has 0 spiro atoms. The highest BCUT2D eigenvalue weighted by atomic mass is 16.5. The second-order valence-corrected chi connectivity index (χ2v) is 19.6. The zero-order valence-corrected chi connectivity index (χ0v) is 49.5. The Bertz CT molecular complexity index is 3210. The Morgan fingerprint density at radius 1 is 0.529 bits per heavy atom. The summed E-state index contributed by atoms with van der Waals surface area (Å²) in [5, 5.41) is 20.5. The minimum atomic E-state index is -1.10. The maximum absolute atomic E-state index is 13.4. The van der Waals surface area contributed by atoms with Crippen LogP contribution in [0.2, 0.25) is 0 Å². The topological polar surface area (TPSA) is 347 Å². The predicted molar refractivity (Wildman–Crippen MR) is 322 cm³/mol. The summed E-state index contributed by atoms with van der Waals surface area (Å²) in [7, 11) is 2.44. The van der Waals surface area contributed by atoms with Gasteiger partial charge in [0.1, 0.15) is 35.1 Å². The number of aromatic nitrogens is 6. The van der Waals surface area contributed by atoms with E-state index in [1.54, 1.807) is 36.4 Å². The lowest BCUT2D eigenvalue weighted by atomic mass is 10.1. The number of anilines is 6. The number of fused-ring (bicyclic) bond motifs is 20. The van der Waals surface area contributed by atoms with Gasteiger partial charge in [0.25, 0.3) is 11.8 Å². The number of methoxy groups -OCH3 is 2. The van der Waals surface area contributed by atoms with Crippen molar-refractivity contribution in [1.82, 2.24) is 45.9 Å². The highest BCUT2D eigenvalue weighted by Crippen LogP contribution is 2.29. The van der Waals surface area contributed by atoms with Crippen molar-refractivity contribution >= 4 is 64.8 Å². The fourth-order valence-corrected chi connectivity index (χ4v) is 8.48. The smallest absolute Gasteiger partial charge is 0.330 e. The van der Waals surface area contributed by atoms with E-state index >= 15 is 0 Å². The summed E-state index contributed by atoms with van der Waals surface area (Å²) in [5.74, 6) is 0.547. The van der Waals surface area contributed by atoms with E-state index in [4.69, 9.17) is 43.6 Å². The summed E-state index contributed by atoms with van der Waals surface area (Å²) < 4.78 is 44.6. The van der Waals surface area contributed by atoms with Crippen LogP contribution in [-0.2, 0) is 36.9 Å². The summed E-state index contributed by atoms with van der Waals surface area (Å²) >= 11 is 0. The molecular weight excluding hydrogens is 1120 g/mol. The minimum absolute atomic E-state index is 0.111. The molecule has 10 rings (SSSR count). The summed E-state index contributed by atoms with van der Waals surface area (Å²) in [6.07, 6.45) is 7.09. The van der Waals surface area contributed by atoms with Gasteiger partial charge < -0.3 is 80.8 Å². The molecule has 6 aromatic rings. The molecule has 12 bridgehead atoms. The lowest BCUT2D eigenvalue weighted by Crippen LogP contribution is -2.48. The molecular formula is C60H76N14O13. The zero-order valence-electron chi connectivity index (χ0n) is 49.5. The Morgan fingerprint density at radius 2 is 0.931 bits per heavy atom. The van der Waals surface area contributed by atoms with Crippen LogP contribution in [0.5, 0.6) is 35.0 Å². The van der Waals surface area contributed by atoms with Gasteiger partial charge in [-0.2, -0.15) is 29.9 Å². The molecule has 3 amide bonds. The van der Waals surface area contributed by atoms with Gasteiger partial charge in [-0.05, 0) is 125 Å². The molecule has 0 saturated heterocycles. The van der Waals surface area contributed by atoms with Crippen LogP contribution < -0.4 is 71.4 Å². The quantitative estimate of drug-likeness (QED) is 0.0568. The van der Waals surface area contributed by atoms with Crippen molar-refractivity contribution in [2.24, 2.45) is 5.73 Å². The number of ether oxygens (including phenoxy) is 8. The standard InChI is InChI=1S/C31H39N7O7.C29H37N7O6/c1-4-43-31-37-29-33-18-21-9-12-23(13-10-21)44-15-7-5-6-8-16-45-26-17-22(34-30(36-29)38-31)11-14-24(26)27(40)35-25(28(41)42-3)19-32-20(2)39;1-3-40-29-35-27-31-18-19-8-11-21(12-9-19)41-14-6-4-5-7-15-42-24-16-20(32-28(34-27)36-29)10-13-22(24)25(37)33-23(17-30)26(38)39-2/h9-14,17,25H,4-8,15-16,18-19H2,1-3H3,(H,32,39)(H,35,40)(H2,33,34,36,37,38);8-13,16,23H,3-7,14-15,17-18,30H2,1-2H3,(H,33,37)(H2,31,32,34,35,36)/t25-;23-/m00/s1. The normalized spacial score (nSPS) is 14.3. The maximum atomic E-state index is 13.4. The number of carbonyl (C=O) groups is 5. The Kier molecular flexibility index (Phi) is 25.5. The fraction of sp³-hybridized carbons (Fsp3) is 0.417. The third kappa shape index (κ3) is 21.0. The second kappa shape index (κ2) is 34.2. The van der Waals surface area contributed by atoms with Gasteiger partial charge in [0, 0.05) is 56.6 Å². The number of benzene rings is 4. The molecule has 0 fully saturated rings. The maximum Gasteiger partial charge on any atom is 0.330 e. The molecule has 2 aromatic heterocycles. The summed E-state index contributed by atoms with van der Waals surface area (Å²) in [6, 6.07) is 23.8. The van der Waals surface area contributed by atoms with Crippen LogP contribution >= 0.6 is 0 Å². The Morgan fingerprint density at radius 3 is 1.33 bits per heavy atom. The van der Waals surface area contributed by atoms with Crippen LogP contribution in [0.3, 0.4) is 0 Å². The first-order valence-electron chi connectivity index (χ1n) is 28.8. The molecule has 0 unspecified atom stereocenters. The minimum Gasteiger partial charge on any atom is -0.494 e. The van der Waals surface area contributed by atoms with E-state index in [0.717, 1.165) is 74.0 Å². The van der Waals surface area contributed by atoms with Crippen LogP contribution in [0, 0.1) is 0 Å². The van der Waals surface area contributed by atoms with Gasteiger partial charge in [-0.3, -0.25) is 14.4 Å². The third-order valence-corrected chi connectivity index (χ3v) is 13.0. The monoisotopic (exact) mass is 1200 g/mol. The van der Waals surface area contributed by atoms with Crippen molar-refractivity contribution < 1.29 is 61.9 Å². The third-order valence-electron chi connectivity index (χ3n) is 13.0. The molecule has 4 aliphatic heterocycles. The molecule has 6 heterocycles. The van der Waals surface area contributed by atoms with Crippen molar-refractivity contribution in [2.75, 3.05) is 88.2 Å². The number of hydrogen-bond donors (Lipinski definition) is 8. The zero-order chi connectivity index (χ0) is 61.8. The van der Waals surface area contributed by atoms with E-state index < -0.39 is 35.8 Å². The van der Waals surface area contributed by atoms with Gasteiger partial charge in [-0.1, -0.05) is 24.3 Å². The van der Waals surface area contributed by atoms with Gasteiger partial charge in [-0.15, -0.1) is 0 Å². The van der Waals surface area contributed by atoms with E-state index in [0.29, 0.717) is 81.8 Å². The fourth-order valence-electron chi connectivity index (χ4n) is 8.48. The second-order valence-electron chi connectivity index (χ2n) is 19.6. The average molecular weight is 1200 g/mol. The lowest BCUT2D eigenvalue weighted by molar-refractivity contribution is -0.143. The Balaban J connectivity index is 0.000000249. The summed E-state index contributed by atoms with van der Waals surface area (Å²) in [5.41, 5.74) is 9.27. The van der Waals surface area contributed by atoms with E-state index in [1.807, 2.05) is 62.4 Å². The van der Waals surface area contributed by atoms with Crippen molar-refractivity contribution in [3.63, 3.8) is 0 Å². The molecule has 9 N–H and O–H groups in total. The number of hydrogen-bond acceptors (Lipinski definition) is 24. The predicted octanol–water partition coefficient (Wildman–Crippen LogP) is 6.55. The number of nitrogens with two attached hydrogens (primary N) is 1. The van der Waals surface area contributed by atoms with E-state index in [1.165, 1.54) is 21.1 Å². The van der Waals surface area contributed by atoms with Crippen molar-refractivity contribution in [3.8, 4) is 35.0 Å². The van der Waals surface area contributed by atoms with Crippen LogP contribution in [-0.4, -0.2) is 139 Å². The molecule has 2 atom stereocenters. The first-order valence-corrected chi connectivity index (χ1v) is 28.8. The first-order chi connectivity index (χ1) is 42.3. The lowest BCUT2D eigenvalue weighted by Gasteiger charge is -2.19. The average Bonchev–Trinajstić information content (AvgIpc) is 3.38. The number of esters is 2. The van der Waals surface area contributed by atoms with E-state index in [9.17, 15) is 24.0 Å². The molecule has 87 heavy (non-hydrogen) atoms. The van der Waals surface area contributed by atoms with Crippen LogP contribution in [0.1, 0.15) is 104 Å². The van der Waals surface area contributed by atoms with Crippen molar-refractivity contribution in [3.05, 3.63) is 107 Å². The SMILES string of the molecule is CCOc1nc2nc(n1)Nc1ccc(C(=O)N[C@@H](CN)C(=O)OC)c(c1)OCCCCCCOc1ccc(cc1)CN2.CCOc1nc2nc(n1)Nc1ccc(C(=O)N[C@@H](CNC(C)=O)C(=O)OC)c(c1)OCCCCCCOc1ccc(cc1)CN2. The number of rotatable bonds is 13. The number of nitrogens with zero attached hydrogens (tertiary/aromatic N) is 6. The van der Waals surface area contributed by atoms with Gasteiger partial charge >= 0.3 is 24.0 Å². The molecule has 0 aliphatic carbocycles. The van der Waals surface area contributed by atoms with E-state index in [-0.39, 0.29) is 59.8 Å². The summed E-state index contributed by atoms with van der Waals surface area (Å²) in [4.78, 5) is 88.6. The van der Waals surface area contributed by atoms with Crippen LogP contribution in [0.4, 0.5) is 35.2 Å². The molecule has 27 nitrogen and oxygen atoms in total. The highest BCUT2D eigenvalue weighted by molar-refractivity contribution is 6.00. The van der Waals surface area contributed by atoms with Crippen LogP contribution in [0.15, 0.2) is 84.9 Å². The molecule has 4 aliphatic rings. The van der Waals surface area contributed by atoms with Gasteiger partial charge in [0.2, 0.25) is 29.7 Å². The Labute approximate surface area is 504 Å².